The van der Waals surface area contributed by atoms with E-state index in [1.54, 1.807) is 15.9 Å². The van der Waals surface area contributed by atoms with Gasteiger partial charge in [-0.05, 0) is 30.2 Å². The number of morpholine rings is 1. The van der Waals surface area contributed by atoms with E-state index in [1.165, 1.54) is 6.92 Å². The molecule has 0 aromatic heterocycles. The highest BCUT2D eigenvalue weighted by molar-refractivity contribution is 6.02. The molecule has 3 heterocycles. The van der Waals surface area contributed by atoms with E-state index in [9.17, 15) is 14.4 Å². The SMILES string of the molecule is CC(=O)N1CC(C(=O)N2CC(CC3COCC(=O)N3)c3ccccc32)Oc2ccccc21. The van der Waals surface area contributed by atoms with E-state index >= 15 is 0 Å². The van der Waals surface area contributed by atoms with Gasteiger partial charge in [-0.1, -0.05) is 30.3 Å². The van der Waals surface area contributed by atoms with Crippen LogP contribution < -0.4 is 19.9 Å². The first-order valence-electron chi connectivity index (χ1n) is 10.8. The molecule has 3 atom stereocenters. The van der Waals surface area contributed by atoms with Gasteiger partial charge in [-0.2, -0.15) is 0 Å². The van der Waals surface area contributed by atoms with Gasteiger partial charge in [-0.15, -0.1) is 0 Å². The Hall–Kier alpha value is -3.39. The van der Waals surface area contributed by atoms with Crippen LogP contribution in [0.15, 0.2) is 48.5 Å². The Bertz CT molecular complexity index is 1070. The van der Waals surface area contributed by atoms with Crippen molar-refractivity contribution in [2.75, 3.05) is 36.1 Å². The third kappa shape index (κ3) is 3.71. The number of hydrogen-bond acceptors (Lipinski definition) is 5. The highest BCUT2D eigenvalue weighted by Gasteiger charge is 2.40. The number of carbonyl (C=O) groups excluding carboxylic acids is 3. The topological polar surface area (TPSA) is 88.2 Å². The van der Waals surface area contributed by atoms with Crippen LogP contribution in [-0.4, -0.2) is 56.2 Å². The van der Waals surface area contributed by atoms with Crippen molar-refractivity contribution < 1.29 is 23.9 Å². The molecule has 5 rings (SSSR count). The minimum absolute atomic E-state index is 0.0712. The van der Waals surface area contributed by atoms with Crippen molar-refractivity contribution in [1.29, 1.82) is 0 Å². The summed E-state index contributed by atoms with van der Waals surface area (Å²) >= 11 is 0. The third-order valence-electron chi connectivity index (χ3n) is 6.25. The predicted molar refractivity (Wildman–Crippen MR) is 118 cm³/mol. The van der Waals surface area contributed by atoms with Gasteiger partial charge in [0.15, 0.2) is 6.10 Å². The highest BCUT2D eigenvalue weighted by Crippen LogP contribution is 2.40. The Labute approximate surface area is 186 Å². The van der Waals surface area contributed by atoms with Crippen molar-refractivity contribution in [2.45, 2.75) is 31.4 Å². The number of carbonyl (C=O) groups is 3. The predicted octanol–water partition coefficient (Wildman–Crippen LogP) is 1.84. The second-order valence-corrected chi connectivity index (χ2v) is 8.42. The molecule has 0 radical (unpaired) electrons. The number of amides is 3. The summed E-state index contributed by atoms with van der Waals surface area (Å²) in [6.45, 7) is 2.71. The summed E-state index contributed by atoms with van der Waals surface area (Å²) in [5.74, 6) is 0.176. The molecule has 0 saturated carbocycles. The molecule has 1 N–H and O–H groups in total. The van der Waals surface area contributed by atoms with Crippen molar-refractivity contribution in [3.8, 4) is 5.75 Å². The molecule has 166 valence electrons. The molecule has 3 unspecified atom stereocenters. The third-order valence-corrected chi connectivity index (χ3v) is 6.25. The van der Waals surface area contributed by atoms with Gasteiger partial charge >= 0.3 is 0 Å². The van der Waals surface area contributed by atoms with E-state index in [-0.39, 0.29) is 42.8 Å². The fourth-order valence-corrected chi connectivity index (χ4v) is 4.82. The molecule has 3 aliphatic heterocycles. The molecule has 3 aliphatic rings. The number of para-hydroxylation sites is 3. The lowest BCUT2D eigenvalue weighted by Crippen LogP contribution is -2.51. The minimum Gasteiger partial charge on any atom is -0.476 e. The molecule has 1 saturated heterocycles. The molecule has 2 aromatic rings. The quantitative estimate of drug-likeness (QED) is 0.795. The van der Waals surface area contributed by atoms with E-state index in [1.807, 2.05) is 42.5 Å². The van der Waals surface area contributed by atoms with Crippen LogP contribution in [0.3, 0.4) is 0 Å². The van der Waals surface area contributed by atoms with Gasteiger partial charge in [-0.25, -0.2) is 0 Å². The van der Waals surface area contributed by atoms with Crippen molar-refractivity contribution in [3.05, 3.63) is 54.1 Å². The molecule has 32 heavy (non-hydrogen) atoms. The van der Waals surface area contributed by atoms with Crippen LogP contribution in [-0.2, 0) is 19.1 Å². The normalized spacial score (nSPS) is 24.3. The molecule has 0 spiro atoms. The van der Waals surface area contributed by atoms with Crippen molar-refractivity contribution in [1.82, 2.24) is 5.32 Å². The Balaban J connectivity index is 1.38. The number of anilines is 2. The van der Waals surface area contributed by atoms with Crippen LogP contribution in [0.2, 0.25) is 0 Å². The van der Waals surface area contributed by atoms with E-state index in [2.05, 4.69) is 5.32 Å². The average Bonchev–Trinajstić information content (AvgIpc) is 3.16. The average molecular weight is 435 g/mol. The van der Waals surface area contributed by atoms with Crippen LogP contribution >= 0.6 is 0 Å². The van der Waals surface area contributed by atoms with Gasteiger partial charge in [0.1, 0.15) is 12.4 Å². The number of fused-ring (bicyclic) bond motifs is 2. The monoisotopic (exact) mass is 435 g/mol. The molecule has 0 bridgehead atoms. The Morgan fingerprint density at radius 2 is 1.78 bits per heavy atom. The first kappa shape index (κ1) is 20.5. The molecule has 3 amide bonds. The maximum atomic E-state index is 13.6. The fraction of sp³-hybridized carbons (Fsp3) is 0.375. The van der Waals surface area contributed by atoms with Crippen LogP contribution in [0.1, 0.15) is 24.8 Å². The van der Waals surface area contributed by atoms with E-state index in [4.69, 9.17) is 9.47 Å². The zero-order valence-corrected chi connectivity index (χ0v) is 17.8. The molecule has 1 fully saturated rings. The first-order chi connectivity index (χ1) is 15.5. The zero-order valence-electron chi connectivity index (χ0n) is 17.8. The van der Waals surface area contributed by atoms with E-state index in [0.717, 1.165) is 11.3 Å². The summed E-state index contributed by atoms with van der Waals surface area (Å²) in [6.07, 6.45) is -0.112. The smallest absolute Gasteiger partial charge is 0.269 e. The van der Waals surface area contributed by atoms with Crippen molar-refractivity contribution >= 4 is 29.1 Å². The van der Waals surface area contributed by atoms with Crippen LogP contribution in [0.25, 0.3) is 0 Å². The maximum Gasteiger partial charge on any atom is 0.269 e. The Morgan fingerprint density at radius 1 is 1.03 bits per heavy atom. The van der Waals surface area contributed by atoms with E-state index < -0.39 is 6.10 Å². The largest absolute Gasteiger partial charge is 0.476 e. The van der Waals surface area contributed by atoms with Gasteiger partial charge in [0.2, 0.25) is 11.8 Å². The number of rotatable bonds is 3. The molecule has 8 heteroatoms. The van der Waals surface area contributed by atoms with E-state index in [0.29, 0.717) is 31.0 Å². The summed E-state index contributed by atoms with van der Waals surface area (Å²) < 4.78 is 11.4. The van der Waals surface area contributed by atoms with Crippen molar-refractivity contribution in [3.63, 3.8) is 0 Å². The molecular weight excluding hydrogens is 410 g/mol. The molecule has 8 nitrogen and oxygen atoms in total. The molecule has 0 aliphatic carbocycles. The number of benzene rings is 2. The zero-order chi connectivity index (χ0) is 22.2. The van der Waals surface area contributed by atoms with Crippen LogP contribution in [0.4, 0.5) is 11.4 Å². The standard InChI is InChI=1S/C24H25N3O5/c1-15(28)26-12-22(32-21-9-5-4-8-20(21)26)24(30)27-11-16(18-6-2-3-7-19(18)27)10-17-13-31-14-23(29)25-17/h2-9,16-17,22H,10-14H2,1H3,(H,25,29). The number of ether oxygens (including phenoxy) is 2. The second-order valence-electron chi connectivity index (χ2n) is 8.42. The Morgan fingerprint density at radius 3 is 2.56 bits per heavy atom. The molecule has 2 aromatic carbocycles. The lowest BCUT2D eigenvalue weighted by molar-refractivity contribution is -0.131. The fourth-order valence-electron chi connectivity index (χ4n) is 4.82. The lowest BCUT2D eigenvalue weighted by Gasteiger charge is -2.35. The lowest BCUT2D eigenvalue weighted by atomic mass is 9.94. The number of nitrogens with zero attached hydrogens (tertiary/aromatic N) is 2. The summed E-state index contributed by atoms with van der Waals surface area (Å²) in [5.41, 5.74) is 2.60. The number of hydrogen-bond donors (Lipinski definition) is 1. The van der Waals surface area contributed by atoms with Crippen LogP contribution in [0, 0.1) is 0 Å². The Kier molecular flexibility index (Phi) is 5.30. The summed E-state index contributed by atoms with van der Waals surface area (Å²) in [6, 6.07) is 15.0. The molecular formula is C24H25N3O5. The van der Waals surface area contributed by atoms with Gasteiger partial charge in [0, 0.05) is 25.1 Å². The van der Waals surface area contributed by atoms with Gasteiger partial charge in [0.05, 0.1) is 24.9 Å². The number of nitrogens with one attached hydrogen (secondary N) is 1. The second kappa shape index (κ2) is 8.27. The van der Waals surface area contributed by atoms with Gasteiger partial charge < -0.3 is 24.6 Å². The summed E-state index contributed by atoms with van der Waals surface area (Å²) in [5, 5.41) is 2.97. The summed E-state index contributed by atoms with van der Waals surface area (Å²) in [4.78, 5) is 40.9. The minimum atomic E-state index is -0.793. The van der Waals surface area contributed by atoms with Gasteiger partial charge in [0.25, 0.3) is 5.91 Å². The summed E-state index contributed by atoms with van der Waals surface area (Å²) in [7, 11) is 0. The maximum absolute atomic E-state index is 13.6. The highest BCUT2D eigenvalue weighted by atomic mass is 16.5. The van der Waals surface area contributed by atoms with Crippen LogP contribution in [0.5, 0.6) is 5.75 Å². The van der Waals surface area contributed by atoms with Gasteiger partial charge in [-0.3, -0.25) is 14.4 Å². The first-order valence-corrected chi connectivity index (χ1v) is 10.8. The van der Waals surface area contributed by atoms with Crippen molar-refractivity contribution in [2.24, 2.45) is 0 Å².